The Morgan fingerprint density at radius 1 is 1.17 bits per heavy atom. The van der Waals surface area contributed by atoms with Gasteiger partial charge in [-0.25, -0.2) is 0 Å². The molecule has 0 saturated heterocycles. The smallest absolute Gasteiger partial charge is 0.230 e. The fraction of sp³-hybridized carbons (Fsp3) is 0.227. The minimum atomic E-state index is -0.0541. The average Bonchev–Trinajstić information content (AvgIpc) is 3.14. The van der Waals surface area contributed by atoms with Crippen LogP contribution in [0.15, 0.2) is 78.5 Å². The number of para-hydroxylation sites is 1. The third kappa shape index (κ3) is 5.96. The lowest BCUT2D eigenvalue weighted by atomic mass is 10.1. The van der Waals surface area contributed by atoms with E-state index in [1.165, 1.54) is 11.8 Å². The van der Waals surface area contributed by atoms with Gasteiger partial charge in [-0.05, 0) is 24.6 Å². The third-order valence-corrected chi connectivity index (χ3v) is 5.19. The van der Waals surface area contributed by atoms with Crippen LogP contribution in [0.25, 0.3) is 0 Å². The number of hydrogen-bond acceptors (Lipinski definition) is 5. The number of allylic oxidation sites excluding steroid dienone is 1. The summed E-state index contributed by atoms with van der Waals surface area (Å²) in [5, 5.41) is 12.1. The molecular formula is C22H24N4O2S. The number of amides is 1. The molecule has 0 unspecified atom stereocenters. The summed E-state index contributed by atoms with van der Waals surface area (Å²) in [7, 11) is 0. The highest BCUT2D eigenvalue weighted by Gasteiger charge is 2.15. The van der Waals surface area contributed by atoms with Gasteiger partial charge in [0.1, 0.15) is 12.4 Å². The van der Waals surface area contributed by atoms with Crippen LogP contribution in [-0.4, -0.2) is 26.4 Å². The fourth-order valence-electron chi connectivity index (χ4n) is 2.75. The zero-order chi connectivity index (χ0) is 20.5. The summed E-state index contributed by atoms with van der Waals surface area (Å²) in [5.41, 5.74) is 1.07. The average molecular weight is 409 g/mol. The predicted octanol–water partition coefficient (Wildman–Crippen LogP) is 4.01. The molecule has 1 heterocycles. The molecule has 3 aromatic rings. The number of rotatable bonds is 10. The van der Waals surface area contributed by atoms with Gasteiger partial charge in [0, 0.05) is 6.54 Å². The zero-order valence-corrected chi connectivity index (χ0v) is 17.1. The van der Waals surface area contributed by atoms with Gasteiger partial charge in [0.15, 0.2) is 11.0 Å². The molecule has 0 saturated carbocycles. The standard InChI is InChI=1S/C22H24N4O2S/c1-3-14-26-20(15-28-19-12-8-5-9-13-19)24-25-22(26)29-16-21(27)23-17(2)18-10-6-4-7-11-18/h3-13,17H,1,14-16H2,2H3,(H,23,27)/t17-/m1/s1. The van der Waals surface area contributed by atoms with Crippen LogP contribution >= 0.6 is 11.8 Å². The number of nitrogens with zero attached hydrogens (tertiary/aromatic N) is 3. The summed E-state index contributed by atoms with van der Waals surface area (Å²) in [4.78, 5) is 12.4. The maximum absolute atomic E-state index is 12.4. The Hall–Kier alpha value is -3.06. The van der Waals surface area contributed by atoms with E-state index in [9.17, 15) is 4.79 Å². The molecule has 7 heteroatoms. The zero-order valence-electron chi connectivity index (χ0n) is 16.3. The summed E-state index contributed by atoms with van der Waals surface area (Å²) in [6, 6.07) is 19.4. The van der Waals surface area contributed by atoms with E-state index in [0.29, 0.717) is 24.1 Å². The number of hydrogen-bond donors (Lipinski definition) is 1. The summed E-state index contributed by atoms with van der Waals surface area (Å²) in [5.74, 6) is 1.66. The Morgan fingerprint density at radius 3 is 2.55 bits per heavy atom. The molecule has 0 radical (unpaired) electrons. The van der Waals surface area contributed by atoms with Crippen LogP contribution in [0, 0.1) is 0 Å². The number of nitrogens with one attached hydrogen (secondary N) is 1. The molecule has 150 valence electrons. The molecule has 1 N–H and O–H groups in total. The van der Waals surface area contributed by atoms with Gasteiger partial charge in [0.2, 0.25) is 5.91 Å². The van der Waals surface area contributed by atoms with E-state index in [-0.39, 0.29) is 17.7 Å². The molecule has 3 rings (SSSR count). The van der Waals surface area contributed by atoms with Gasteiger partial charge < -0.3 is 10.1 Å². The molecule has 1 atom stereocenters. The molecule has 0 aliphatic rings. The lowest BCUT2D eigenvalue weighted by Crippen LogP contribution is -2.28. The first-order valence-corrected chi connectivity index (χ1v) is 10.3. The van der Waals surface area contributed by atoms with E-state index in [1.54, 1.807) is 6.08 Å². The van der Waals surface area contributed by atoms with Gasteiger partial charge in [-0.2, -0.15) is 0 Å². The van der Waals surface area contributed by atoms with Crippen LogP contribution in [0.2, 0.25) is 0 Å². The highest BCUT2D eigenvalue weighted by atomic mass is 32.2. The van der Waals surface area contributed by atoms with Gasteiger partial charge >= 0.3 is 0 Å². The van der Waals surface area contributed by atoms with Crippen LogP contribution in [-0.2, 0) is 17.9 Å². The maximum atomic E-state index is 12.4. The van der Waals surface area contributed by atoms with Crippen molar-refractivity contribution >= 4 is 17.7 Å². The number of thioether (sulfide) groups is 1. The highest BCUT2D eigenvalue weighted by molar-refractivity contribution is 7.99. The number of carbonyl (C=O) groups excluding carboxylic acids is 1. The van der Waals surface area contributed by atoms with Crippen LogP contribution in [0.3, 0.4) is 0 Å². The van der Waals surface area contributed by atoms with Gasteiger partial charge in [0.05, 0.1) is 11.8 Å². The van der Waals surface area contributed by atoms with Crippen molar-refractivity contribution in [3.05, 3.63) is 84.7 Å². The van der Waals surface area contributed by atoms with Crippen LogP contribution in [0.5, 0.6) is 5.75 Å². The molecule has 0 spiro atoms. The molecule has 6 nitrogen and oxygen atoms in total. The SMILES string of the molecule is C=CCn1c(COc2ccccc2)nnc1SCC(=O)N[C@H](C)c1ccccc1. The van der Waals surface area contributed by atoms with Crippen molar-refractivity contribution in [1.82, 2.24) is 20.1 Å². The number of ether oxygens (including phenoxy) is 1. The van der Waals surface area contributed by atoms with E-state index in [4.69, 9.17) is 4.74 Å². The van der Waals surface area contributed by atoms with Crippen molar-refractivity contribution in [3.8, 4) is 5.75 Å². The second kappa shape index (κ2) is 10.5. The Balaban J connectivity index is 1.57. The summed E-state index contributed by atoms with van der Waals surface area (Å²) < 4.78 is 7.68. The molecule has 0 aliphatic carbocycles. The van der Waals surface area contributed by atoms with Crippen LogP contribution in [0.1, 0.15) is 24.4 Å². The summed E-state index contributed by atoms with van der Waals surface area (Å²) in [6.45, 7) is 6.61. The van der Waals surface area contributed by atoms with E-state index >= 15 is 0 Å². The van der Waals surface area contributed by atoms with E-state index in [2.05, 4.69) is 22.1 Å². The maximum Gasteiger partial charge on any atom is 0.230 e. The van der Waals surface area contributed by atoms with Crippen LogP contribution in [0.4, 0.5) is 0 Å². The van der Waals surface area contributed by atoms with Crippen LogP contribution < -0.4 is 10.1 Å². The Labute approximate surface area is 175 Å². The summed E-state index contributed by atoms with van der Waals surface area (Å²) >= 11 is 1.35. The molecule has 0 fully saturated rings. The van der Waals surface area contributed by atoms with Crippen molar-refractivity contribution in [2.75, 3.05) is 5.75 Å². The second-order valence-corrected chi connectivity index (χ2v) is 7.33. The van der Waals surface area contributed by atoms with E-state index in [1.807, 2.05) is 72.2 Å². The van der Waals surface area contributed by atoms with Gasteiger partial charge in [-0.1, -0.05) is 66.4 Å². The molecule has 0 aliphatic heterocycles. The molecule has 2 aromatic carbocycles. The fourth-order valence-corrected chi connectivity index (χ4v) is 3.53. The van der Waals surface area contributed by atoms with Crippen molar-refractivity contribution in [2.24, 2.45) is 0 Å². The predicted molar refractivity (Wildman–Crippen MR) is 115 cm³/mol. The minimum absolute atomic E-state index is 0.0508. The number of carbonyl (C=O) groups is 1. The molecule has 1 aromatic heterocycles. The normalized spacial score (nSPS) is 11.6. The lowest BCUT2D eigenvalue weighted by Gasteiger charge is -2.14. The van der Waals surface area contributed by atoms with Gasteiger partial charge in [-0.3, -0.25) is 9.36 Å². The van der Waals surface area contributed by atoms with Crippen molar-refractivity contribution in [2.45, 2.75) is 31.3 Å². The lowest BCUT2D eigenvalue weighted by molar-refractivity contribution is -0.119. The molecule has 1 amide bonds. The monoisotopic (exact) mass is 408 g/mol. The van der Waals surface area contributed by atoms with Gasteiger partial charge in [-0.15, -0.1) is 16.8 Å². The highest BCUT2D eigenvalue weighted by Crippen LogP contribution is 2.19. The second-order valence-electron chi connectivity index (χ2n) is 6.39. The molecular weight excluding hydrogens is 384 g/mol. The Bertz CT molecular complexity index is 929. The quantitative estimate of drug-likeness (QED) is 0.405. The Morgan fingerprint density at radius 2 is 1.86 bits per heavy atom. The van der Waals surface area contributed by atoms with Crippen molar-refractivity contribution in [1.29, 1.82) is 0 Å². The van der Waals surface area contributed by atoms with Gasteiger partial charge in [0.25, 0.3) is 0 Å². The third-order valence-electron chi connectivity index (χ3n) is 4.23. The van der Waals surface area contributed by atoms with Crippen molar-refractivity contribution in [3.63, 3.8) is 0 Å². The van der Waals surface area contributed by atoms with E-state index < -0.39 is 0 Å². The first kappa shape index (κ1) is 20.7. The molecule has 29 heavy (non-hydrogen) atoms. The molecule has 0 bridgehead atoms. The van der Waals surface area contributed by atoms with E-state index in [0.717, 1.165) is 11.3 Å². The topological polar surface area (TPSA) is 69.0 Å². The minimum Gasteiger partial charge on any atom is -0.486 e. The van der Waals surface area contributed by atoms with Crippen molar-refractivity contribution < 1.29 is 9.53 Å². The first-order valence-electron chi connectivity index (χ1n) is 9.35. The Kier molecular flexibility index (Phi) is 7.47. The number of aromatic nitrogens is 3. The first-order chi connectivity index (χ1) is 14.2. The largest absolute Gasteiger partial charge is 0.486 e. The summed E-state index contributed by atoms with van der Waals surface area (Å²) in [6.07, 6.45) is 1.77. The number of benzene rings is 2.